The van der Waals surface area contributed by atoms with Crippen molar-refractivity contribution in [3.05, 3.63) is 28.8 Å². The largest absolute Gasteiger partial charge is 0.397 e. The summed E-state index contributed by atoms with van der Waals surface area (Å²) in [7, 11) is 0. The standard InChI is InChI=1S/C14H19ClN2O/c1-9-5-6-10(7-9)8-17-14(18)11-3-2-4-12(15)13(11)16/h2-4,9-10H,5-8,16H2,1H3,(H,17,18). The van der Waals surface area contributed by atoms with Crippen LogP contribution in [0.5, 0.6) is 0 Å². The van der Waals surface area contributed by atoms with Crippen molar-refractivity contribution in [2.75, 3.05) is 12.3 Å². The molecule has 3 N–H and O–H groups in total. The minimum Gasteiger partial charge on any atom is -0.397 e. The number of carbonyl (C=O) groups excluding carboxylic acids is 1. The van der Waals surface area contributed by atoms with Crippen LogP contribution in [0.3, 0.4) is 0 Å². The Morgan fingerprint density at radius 2 is 2.28 bits per heavy atom. The van der Waals surface area contributed by atoms with Crippen molar-refractivity contribution in [2.24, 2.45) is 11.8 Å². The van der Waals surface area contributed by atoms with Gasteiger partial charge in [0, 0.05) is 6.54 Å². The Morgan fingerprint density at radius 3 is 2.94 bits per heavy atom. The number of anilines is 1. The van der Waals surface area contributed by atoms with Crippen LogP contribution in [0, 0.1) is 11.8 Å². The molecule has 18 heavy (non-hydrogen) atoms. The number of hydrogen-bond donors (Lipinski definition) is 2. The summed E-state index contributed by atoms with van der Waals surface area (Å²) in [5.74, 6) is 1.25. The van der Waals surface area contributed by atoms with Gasteiger partial charge in [-0.2, -0.15) is 0 Å². The summed E-state index contributed by atoms with van der Waals surface area (Å²) in [5, 5.41) is 3.38. The van der Waals surface area contributed by atoms with E-state index in [0.29, 0.717) is 22.2 Å². The van der Waals surface area contributed by atoms with Crippen molar-refractivity contribution in [3.8, 4) is 0 Å². The quantitative estimate of drug-likeness (QED) is 0.826. The molecular weight excluding hydrogens is 248 g/mol. The molecule has 2 atom stereocenters. The average molecular weight is 267 g/mol. The molecule has 1 aliphatic carbocycles. The molecule has 0 radical (unpaired) electrons. The van der Waals surface area contributed by atoms with Gasteiger partial charge >= 0.3 is 0 Å². The summed E-state index contributed by atoms with van der Waals surface area (Å²) in [4.78, 5) is 12.0. The van der Waals surface area contributed by atoms with E-state index in [1.807, 2.05) is 0 Å². The fraction of sp³-hybridized carbons (Fsp3) is 0.500. The minimum atomic E-state index is -0.130. The lowest BCUT2D eigenvalue weighted by atomic mass is 10.1. The van der Waals surface area contributed by atoms with Gasteiger partial charge in [-0.1, -0.05) is 31.0 Å². The van der Waals surface area contributed by atoms with Crippen LogP contribution in [0.15, 0.2) is 18.2 Å². The lowest BCUT2D eigenvalue weighted by Gasteiger charge is -2.12. The Balaban J connectivity index is 1.94. The molecule has 0 bridgehead atoms. The summed E-state index contributed by atoms with van der Waals surface area (Å²) >= 11 is 5.90. The smallest absolute Gasteiger partial charge is 0.253 e. The molecule has 0 aliphatic heterocycles. The number of nitrogens with one attached hydrogen (secondary N) is 1. The third-order valence-electron chi connectivity index (χ3n) is 3.65. The van der Waals surface area contributed by atoms with Gasteiger partial charge < -0.3 is 11.1 Å². The van der Waals surface area contributed by atoms with Crippen molar-refractivity contribution in [1.29, 1.82) is 0 Å². The number of hydrogen-bond acceptors (Lipinski definition) is 2. The van der Waals surface area contributed by atoms with E-state index < -0.39 is 0 Å². The Labute approximate surface area is 113 Å². The van der Waals surface area contributed by atoms with E-state index in [-0.39, 0.29) is 5.91 Å². The number of rotatable bonds is 3. The number of benzene rings is 1. The highest BCUT2D eigenvalue weighted by molar-refractivity contribution is 6.33. The van der Waals surface area contributed by atoms with Gasteiger partial charge in [-0.05, 0) is 36.8 Å². The fourth-order valence-electron chi connectivity index (χ4n) is 2.58. The molecule has 1 aromatic carbocycles. The monoisotopic (exact) mass is 266 g/mol. The topological polar surface area (TPSA) is 55.1 Å². The van der Waals surface area contributed by atoms with Gasteiger partial charge in [0.2, 0.25) is 0 Å². The maximum absolute atomic E-state index is 12.0. The van der Waals surface area contributed by atoms with Crippen LogP contribution >= 0.6 is 11.6 Å². The van der Waals surface area contributed by atoms with E-state index in [4.69, 9.17) is 17.3 Å². The van der Waals surface area contributed by atoms with E-state index in [2.05, 4.69) is 12.2 Å². The zero-order valence-electron chi connectivity index (χ0n) is 10.6. The summed E-state index contributed by atoms with van der Waals surface area (Å²) in [6.07, 6.45) is 3.66. The van der Waals surface area contributed by atoms with E-state index in [1.54, 1.807) is 18.2 Å². The Hall–Kier alpha value is -1.22. The Morgan fingerprint density at radius 1 is 1.50 bits per heavy atom. The highest BCUT2D eigenvalue weighted by Crippen LogP contribution is 2.29. The Kier molecular flexibility index (Phi) is 4.12. The lowest BCUT2D eigenvalue weighted by molar-refractivity contribution is 0.0948. The zero-order chi connectivity index (χ0) is 13.1. The molecule has 1 fully saturated rings. The lowest BCUT2D eigenvalue weighted by Crippen LogP contribution is -2.29. The van der Waals surface area contributed by atoms with E-state index in [9.17, 15) is 4.79 Å². The maximum Gasteiger partial charge on any atom is 0.253 e. The molecule has 1 aliphatic rings. The first-order valence-electron chi connectivity index (χ1n) is 6.40. The SMILES string of the molecule is CC1CCC(CNC(=O)c2cccc(Cl)c2N)C1. The molecule has 2 rings (SSSR count). The van der Waals surface area contributed by atoms with Crippen molar-refractivity contribution in [3.63, 3.8) is 0 Å². The van der Waals surface area contributed by atoms with Gasteiger partial charge in [0.05, 0.1) is 16.3 Å². The number of para-hydroxylation sites is 1. The number of amides is 1. The molecule has 1 aromatic rings. The van der Waals surface area contributed by atoms with Gasteiger partial charge in [0.25, 0.3) is 5.91 Å². The first-order chi connectivity index (χ1) is 8.58. The third kappa shape index (κ3) is 2.96. The molecular formula is C14H19ClN2O. The molecule has 98 valence electrons. The summed E-state index contributed by atoms with van der Waals surface area (Å²) in [6, 6.07) is 5.13. The van der Waals surface area contributed by atoms with Gasteiger partial charge in [0.15, 0.2) is 0 Å². The van der Waals surface area contributed by atoms with Crippen LogP contribution < -0.4 is 11.1 Å². The molecule has 0 aromatic heterocycles. The summed E-state index contributed by atoms with van der Waals surface area (Å²) < 4.78 is 0. The first-order valence-corrected chi connectivity index (χ1v) is 6.78. The fourth-order valence-corrected chi connectivity index (χ4v) is 2.75. The van der Waals surface area contributed by atoms with Crippen molar-refractivity contribution >= 4 is 23.2 Å². The summed E-state index contributed by atoms with van der Waals surface area (Å²) in [6.45, 7) is 2.99. The van der Waals surface area contributed by atoms with Crippen molar-refractivity contribution in [2.45, 2.75) is 26.2 Å². The highest BCUT2D eigenvalue weighted by atomic mass is 35.5. The number of halogens is 1. The van der Waals surface area contributed by atoms with Crippen molar-refractivity contribution in [1.82, 2.24) is 5.32 Å². The molecule has 4 heteroatoms. The zero-order valence-corrected chi connectivity index (χ0v) is 11.3. The second-order valence-corrected chi connectivity index (χ2v) is 5.60. The second-order valence-electron chi connectivity index (χ2n) is 5.20. The molecule has 0 saturated heterocycles. The molecule has 0 heterocycles. The molecule has 0 spiro atoms. The van der Waals surface area contributed by atoms with E-state index in [1.165, 1.54) is 19.3 Å². The van der Waals surface area contributed by atoms with Crippen LogP contribution in [-0.4, -0.2) is 12.5 Å². The van der Waals surface area contributed by atoms with Gasteiger partial charge in [-0.15, -0.1) is 0 Å². The number of nitrogen functional groups attached to an aromatic ring is 1. The molecule has 2 unspecified atom stereocenters. The van der Waals surface area contributed by atoms with Gasteiger partial charge in [-0.25, -0.2) is 0 Å². The number of carbonyl (C=O) groups is 1. The van der Waals surface area contributed by atoms with Crippen LogP contribution in [0.1, 0.15) is 36.5 Å². The van der Waals surface area contributed by atoms with Gasteiger partial charge in [-0.3, -0.25) is 4.79 Å². The van der Waals surface area contributed by atoms with Crippen molar-refractivity contribution < 1.29 is 4.79 Å². The minimum absolute atomic E-state index is 0.130. The third-order valence-corrected chi connectivity index (χ3v) is 3.98. The normalized spacial score (nSPS) is 23.0. The summed E-state index contributed by atoms with van der Waals surface area (Å²) in [5.41, 5.74) is 6.62. The second kappa shape index (κ2) is 5.61. The maximum atomic E-state index is 12.0. The molecule has 1 saturated carbocycles. The first kappa shape index (κ1) is 13.2. The molecule has 3 nitrogen and oxygen atoms in total. The number of nitrogens with two attached hydrogens (primary N) is 1. The predicted molar refractivity (Wildman–Crippen MR) is 74.7 cm³/mol. The van der Waals surface area contributed by atoms with Gasteiger partial charge in [0.1, 0.15) is 0 Å². The van der Waals surface area contributed by atoms with E-state index >= 15 is 0 Å². The highest BCUT2D eigenvalue weighted by Gasteiger charge is 2.22. The van der Waals surface area contributed by atoms with Crippen LogP contribution in [0.4, 0.5) is 5.69 Å². The van der Waals surface area contributed by atoms with Crippen LogP contribution in [-0.2, 0) is 0 Å². The average Bonchev–Trinajstić information content (AvgIpc) is 2.76. The van der Waals surface area contributed by atoms with E-state index in [0.717, 1.165) is 12.5 Å². The molecule has 1 amide bonds. The van der Waals surface area contributed by atoms with Crippen LogP contribution in [0.2, 0.25) is 5.02 Å². The predicted octanol–water partition coefficient (Wildman–Crippen LogP) is 3.09. The van der Waals surface area contributed by atoms with Crippen LogP contribution in [0.25, 0.3) is 0 Å². The Bertz CT molecular complexity index is 447.